The topological polar surface area (TPSA) is 54.5 Å². The van der Waals surface area contributed by atoms with Gasteiger partial charge in [-0.15, -0.1) is 0 Å². The summed E-state index contributed by atoms with van der Waals surface area (Å²) in [5, 5.41) is 3.48. The molecule has 0 unspecified atom stereocenters. The SMILES string of the molecule is CCCc1c2cnccc2nc2[nH]c3ccncc3c12. The summed E-state index contributed by atoms with van der Waals surface area (Å²) in [7, 11) is 0. The lowest BCUT2D eigenvalue weighted by Crippen LogP contribution is -1.92. The first-order valence-corrected chi connectivity index (χ1v) is 6.86. The van der Waals surface area contributed by atoms with E-state index in [9.17, 15) is 0 Å². The number of H-pyrrole nitrogens is 1. The fraction of sp³-hybridized carbons (Fsp3) is 0.188. The number of aryl methyl sites for hydroxylation is 1. The molecule has 0 radical (unpaired) electrons. The molecule has 0 spiro atoms. The normalized spacial score (nSPS) is 11.7. The summed E-state index contributed by atoms with van der Waals surface area (Å²) >= 11 is 0. The van der Waals surface area contributed by atoms with Crippen LogP contribution >= 0.6 is 0 Å². The van der Waals surface area contributed by atoms with Crippen molar-refractivity contribution in [3.63, 3.8) is 0 Å². The Morgan fingerprint density at radius 2 is 1.85 bits per heavy atom. The molecule has 0 bridgehead atoms. The van der Waals surface area contributed by atoms with Gasteiger partial charge in [0.25, 0.3) is 0 Å². The molecule has 0 amide bonds. The van der Waals surface area contributed by atoms with Crippen molar-refractivity contribution in [1.82, 2.24) is 19.9 Å². The van der Waals surface area contributed by atoms with Crippen molar-refractivity contribution >= 4 is 32.8 Å². The van der Waals surface area contributed by atoms with Gasteiger partial charge in [0.05, 0.1) is 11.0 Å². The highest BCUT2D eigenvalue weighted by molar-refractivity contribution is 6.11. The summed E-state index contributed by atoms with van der Waals surface area (Å²) in [6, 6.07) is 3.97. The van der Waals surface area contributed by atoms with E-state index in [0.717, 1.165) is 40.3 Å². The predicted molar refractivity (Wildman–Crippen MR) is 80.7 cm³/mol. The van der Waals surface area contributed by atoms with Crippen LogP contribution in [-0.4, -0.2) is 19.9 Å². The van der Waals surface area contributed by atoms with Crippen molar-refractivity contribution in [1.29, 1.82) is 0 Å². The molecule has 4 nitrogen and oxygen atoms in total. The van der Waals surface area contributed by atoms with Crippen molar-refractivity contribution in [3.8, 4) is 0 Å². The number of hydrogen-bond acceptors (Lipinski definition) is 3. The van der Waals surface area contributed by atoms with Crippen LogP contribution in [0.4, 0.5) is 0 Å². The second-order valence-electron chi connectivity index (χ2n) is 5.00. The molecule has 20 heavy (non-hydrogen) atoms. The fourth-order valence-electron chi connectivity index (χ4n) is 2.89. The average Bonchev–Trinajstić information content (AvgIpc) is 2.85. The maximum atomic E-state index is 4.73. The zero-order valence-corrected chi connectivity index (χ0v) is 11.2. The molecule has 4 aromatic heterocycles. The van der Waals surface area contributed by atoms with Gasteiger partial charge in [0, 0.05) is 40.9 Å². The van der Waals surface area contributed by atoms with E-state index in [0.29, 0.717) is 0 Å². The van der Waals surface area contributed by atoms with Gasteiger partial charge >= 0.3 is 0 Å². The molecule has 4 aromatic rings. The first kappa shape index (κ1) is 11.3. The number of rotatable bonds is 2. The lowest BCUT2D eigenvalue weighted by molar-refractivity contribution is 0.935. The molecule has 0 aliphatic heterocycles. The number of hydrogen-bond donors (Lipinski definition) is 1. The van der Waals surface area contributed by atoms with E-state index in [-0.39, 0.29) is 0 Å². The Bertz CT molecular complexity index is 924. The van der Waals surface area contributed by atoms with Gasteiger partial charge in [0.15, 0.2) is 0 Å². The van der Waals surface area contributed by atoms with Crippen LogP contribution in [0.1, 0.15) is 18.9 Å². The second kappa shape index (κ2) is 4.27. The molecule has 0 aliphatic carbocycles. The van der Waals surface area contributed by atoms with E-state index >= 15 is 0 Å². The third kappa shape index (κ3) is 1.51. The van der Waals surface area contributed by atoms with Crippen molar-refractivity contribution in [2.45, 2.75) is 19.8 Å². The number of aromatic nitrogens is 4. The molecule has 4 heterocycles. The van der Waals surface area contributed by atoms with E-state index in [1.165, 1.54) is 10.9 Å². The molecule has 4 rings (SSSR count). The van der Waals surface area contributed by atoms with Crippen molar-refractivity contribution in [2.24, 2.45) is 0 Å². The molecule has 4 heteroatoms. The molecule has 0 aromatic carbocycles. The van der Waals surface area contributed by atoms with Crippen LogP contribution in [-0.2, 0) is 6.42 Å². The quantitative estimate of drug-likeness (QED) is 0.600. The van der Waals surface area contributed by atoms with Gasteiger partial charge in [-0.1, -0.05) is 13.3 Å². The lowest BCUT2D eigenvalue weighted by Gasteiger charge is -2.06. The van der Waals surface area contributed by atoms with E-state index in [1.807, 2.05) is 24.5 Å². The van der Waals surface area contributed by atoms with Gasteiger partial charge in [0.2, 0.25) is 0 Å². The third-order valence-corrected chi connectivity index (χ3v) is 3.74. The van der Waals surface area contributed by atoms with Gasteiger partial charge in [0.1, 0.15) is 5.65 Å². The van der Waals surface area contributed by atoms with Crippen molar-refractivity contribution in [3.05, 3.63) is 42.5 Å². The van der Waals surface area contributed by atoms with Gasteiger partial charge in [-0.2, -0.15) is 0 Å². The van der Waals surface area contributed by atoms with Crippen LogP contribution < -0.4 is 0 Å². The summed E-state index contributed by atoms with van der Waals surface area (Å²) in [6.07, 6.45) is 9.54. The fourth-order valence-corrected chi connectivity index (χ4v) is 2.89. The standard InChI is InChI=1S/C16H14N4/c1-2-3-10-11-8-17-6-4-13(11)19-16-15(10)12-9-18-7-5-14(12)20-16/h4-9H,2-3H2,1H3,(H,19,20). The Hall–Kier alpha value is -2.49. The minimum Gasteiger partial charge on any atom is -0.339 e. The Labute approximate surface area is 115 Å². The summed E-state index contributed by atoms with van der Waals surface area (Å²) in [4.78, 5) is 16.6. The van der Waals surface area contributed by atoms with Crippen LogP contribution in [0.3, 0.4) is 0 Å². The second-order valence-corrected chi connectivity index (χ2v) is 5.00. The van der Waals surface area contributed by atoms with Gasteiger partial charge < -0.3 is 4.98 Å². The van der Waals surface area contributed by atoms with E-state index in [2.05, 4.69) is 21.9 Å². The molecule has 0 aliphatic rings. The molecule has 1 N–H and O–H groups in total. The first-order chi connectivity index (χ1) is 9.88. The number of aromatic amines is 1. The maximum absolute atomic E-state index is 4.73. The number of pyridine rings is 3. The Kier molecular flexibility index (Phi) is 2.42. The molecule has 98 valence electrons. The smallest absolute Gasteiger partial charge is 0.139 e. The van der Waals surface area contributed by atoms with E-state index in [1.54, 1.807) is 12.4 Å². The van der Waals surface area contributed by atoms with Crippen molar-refractivity contribution in [2.75, 3.05) is 0 Å². The van der Waals surface area contributed by atoms with Crippen LogP contribution in [0.5, 0.6) is 0 Å². The zero-order chi connectivity index (χ0) is 13.5. The Morgan fingerprint density at radius 3 is 2.70 bits per heavy atom. The van der Waals surface area contributed by atoms with E-state index in [4.69, 9.17) is 4.98 Å². The highest BCUT2D eigenvalue weighted by Gasteiger charge is 2.13. The Morgan fingerprint density at radius 1 is 1.05 bits per heavy atom. The highest BCUT2D eigenvalue weighted by atomic mass is 14.9. The summed E-state index contributed by atoms with van der Waals surface area (Å²) in [6.45, 7) is 2.20. The summed E-state index contributed by atoms with van der Waals surface area (Å²) in [5.74, 6) is 0. The van der Waals surface area contributed by atoms with Crippen LogP contribution in [0.2, 0.25) is 0 Å². The minimum absolute atomic E-state index is 0.940. The minimum atomic E-state index is 0.940. The van der Waals surface area contributed by atoms with Gasteiger partial charge in [-0.25, -0.2) is 4.98 Å². The number of fused-ring (bicyclic) bond motifs is 4. The first-order valence-electron chi connectivity index (χ1n) is 6.86. The van der Waals surface area contributed by atoms with Crippen LogP contribution in [0, 0.1) is 0 Å². The van der Waals surface area contributed by atoms with Crippen molar-refractivity contribution < 1.29 is 0 Å². The molecule has 0 atom stereocenters. The molecule has 0 saturated carbocycles. The van der Waals surface area contributed by atoms with Crippen LogP contribution in [0.25, 0.3) is 32.8 Å². The van der Waals surface area contributed by atoms with E-state index < -0.39 is 0 Å². The number of nitrogens with zero attached hydrogens (tertiary/aromatic N) is 3. The molecular weight excluding hydrogens is 248 g/mol. The number of nitrogens with one attached hydrogen (secondary N) is 1. The zero-order valence-electron chi connectivity index (χ0n) is 11.2. The summed E-state index contributed by atoms with van der Waals surface area (Å²) < 4.78 is 0. The largest absolute Gasteiger partial charge is 0.339 e. The maximum Gasteiger partial charge on any atom is 0.139 e. The lowest BCUT2D eigenvalue weighted by atomic mass is 10.0. The van der Waals surface area contributed by atoms with Gasteiger partial charge in [-0.3, -0.25) is 9.97 Å². The molecular formula is C16H14N4. The average molecular weight is 262 g/mol. The monoisotopic (exact) mass is 262 g/mol. The Balaban J connectivity index is 2.26. The molecule has 0 fully saturated rings. The predicted octanol–water partition coefficient (Wildman–Crippen LogP) is 3.61. The van der Waals surface area contributed by atoms with Gasteiger partial charge in [-0.05, 0) is 24.1 Å². The summed E-state index contributed by atoms with van der Waals surface area (Å²) in [5.41, 5.74) is 4.34. The highest BCUT2D eigenvalue weighted by Crippen LogP contribution is 2.31. The van der Waals surface area contributed by atoms with Crippen LogP contribution in [0.15, 0.2) is 36.9 Å². The molecule has 0 saturated heterocycles. The third-order valence-electron chi connectivity index (χ3n) is 3.74.